The van der Waals surface area contributed by atoms with Crippen molar-refractivity contribution in [2.75, 3.05) is 18.5 Å². The highest BCUT2D eigenvalue weighted by atomic mass is 16.5. The average Bonchev–Trinajstić information content (AvgIpc) is 3.29. The highest BCUT2D eigenvalue weighted by Crippen LogP contribution is 2.26. The smallest absolute Gasteiger partial charge is 0.311 e. The number of anilines is 1. The molecule has 3 aromatic rings. The van der Waals surface area contributed by atoms with Gasteiger partial charge in [0.15, 0.2) is 6.61 Å². The van der Waals surface area contributed by atoms with E-state index in [1.807, 2.05) is 85.8 Å². The lowest BCUT2D eigenvalue weighted by Crippen LogP contribution is -2.45. The number of aryl methyl sites for hydroxylation is 1. The largest absolute Gasteiger partial charge is 0.455 e. The van der Waals surface area contributed by atoms with Crippen LogP contribution in [0.25, 0.3) is 0 Å². The van der Waals surface area contributed by atoms with Crippen molar-refractivity contribution >= 4 is 29.4 Å². The van der Waals surface area contributed by atoms with Crippen LogP contribution in [0.5, 0.6) is 0 Å². The van der Waals surface area contributed by atoms with Crippen LogP contribution in [0.1, 0.15) is 36.0 Å². The number of nitrogens with zero attached hydrogens (tertiary/aromatic N) is 1. The molecule has 2 N–H and O–H groups in total. The number of esters is 1. The second kappa shape index (κ2) is 12.0. The Morgan fingerprint density at radius 3 is 2.14 bits per heavy atom. The van der Waals surface area contributed by atoms with Gasteiger partial charge >= 0.3 is 5.97 Å². The fraction of sp³-hybridized carbons (Fsp3) is 0.241. The van der Waals surface area contributed by atoms with E-state index in [0.717, 1.165) is 28.1 Å². The van der Waals surface area contributed by atoms with E-state index in [-0.39, 0.29) is 18.9 Å². The zero-order valence-electron chi connectivity index (χ0n) is 20.6. The maximum atomic E-state index is 13.3. The highest BCUT2D eigenvalue weighted by Gasteiger charge is 2.37. The Morgan fingerprint density at radius 2 is 1.51 bits per heavy atom. The first-order valence-corrected chi connectivity index (χ1v) is 12.2. The lowest BCUT2D eigenvalue weighted by Gasteiger charge is -2.23. The molecule has 0 aromatic heterocycles. The van der Waals surface area contributed by atoms with Gasteiger partial charge in [0.25, 0.3) is 11.8 Å². The van der Waals surface area contributed by atoms with Crippen LogP contribution in [0.15, 0.2) is 84.9 Å². The van der Waals surface area contributed by atoms with E-state index in [4.69, 9.17) is 4.74 Å². The third-order valence-corrected chi connectivity index (χ3v) is 6.25. The molecule has 0 unspecified atom stereocenters. The zero-order valence-corrected chi connectivity index (χ0v) is 20.6. The molecule has 1 atom stereocenters. The van der Waals surface area contributed by atoms with E-state index < -0.39 is 36.2 Å². The Kier molecular flexibility index (Phi) is 8.30. The van der Waals surface area contributed by atoms with Crippen LogP contribution < -0.4 is 10.7 Å². The number of carbonyl (C=O) groups is 4. The number of ether oxygens (including phenoxy) is 1. The number of nitrogens with one attached hydrogen (secondary N) is 2. The molecule has 1 fully saturated rings. The number of para-hydroxylation sites is 1. The lowest BCUT2D eigenvalue weighted by molar-refractivity contribution is -0.151. The monoisotopic (exact) mass is 499 g/mol. The van der Waals surface area contributed by atoms with Gasteiger partial charge in [-0.1, -0.05) is 85.8 Å². The van der Waals surface area contributed by atoms with Crippen molar-refractivity contribution in [1.82, 2.24) is 10.4 Å². The Morgan fingerprint density at radius 1 is 0.919 bits per heavy atom. The summed E-state index contributed by atoms with van der Waals surface area (Å²) in [7, 11) is 0. The van der Waals surface area contributed by atoms with Crippen LogP contribution in [0.2, 0.25) is 0 Å². The molecule has 8 heteroatoms. The molecule has 1 aliphatic rings. The highest BCUT2D eigenvalue weighted by molar-refractivity contribution is 5.95. The van der Waals surface area contributed by atoms with Crippen molar-refractivity contribution < 1.29 is 23.9 Å². The fourth-order valence-corrected chi connectivity index (χ4v) is 4.35. The molecule has 1 aliphatic heterocycles. The molecule has 0 saturated carbocycles. The zero-order chi connectivity index (χ0) is 26.2. The maximum absolute atomic E-state index is 13.3. The summed E-state index contributed by atoms with van der Waals surface area (Å²) in [4.78, 5) is 50.8. The van der Waals surface area contributed by atoms with Crippen LogP contribution in [0, 0.1) is 5.92 Å². The molecule has 37 heavy (non-hydrogen) atoms. The van der Waals surface area contributed by atoms with Gasteiger partial charge < -0.3 is 10.1 Å². The number of benzene rings is 3. The first kappa shape index (κ1) is 25.6. The van der Waals surface area contributed by atoms with E-state index in [1.54, 1.807) is 6.07 Å². The Hall–Kier alpha value is -4.46. The quantitative estimate of drug-likeness (QED) is 0.439. The van der Waals surface area contributed by atoms with Crippen molar-refractivity contribution in [3.8, 4) is 0 Å². The van der Waals surface area contributed by atoms with Gasteiger partial charge in [-0.25, -0.2) is 0 Å². The van der Waals surface area contributed by atoms with Crippen LogP contribution in [-0.2, 0) is 30.3 Å². The normalized spacial score (nSPS) is 14.9. The molecule has 0 radical (unpaired) electrons. The SMILES string of the molecule is CCc1ccccc1NC(=O)COC(=O)[C@H]1CC(=O)N(NC(=O)C(c2ccccc2)c2ccccc2)C1. The summed E-state index contributed by atoms with van der Waals surface area (Å²) in [5.41, 5.74) is 5.88. The number of carbonyl (C=O) groups excluding carboxylic acids is 4. The summed E-state index contributed by atoms with van der Waals surface area (Å²) < 4.78 is 5.18. The predicted octanol–water partition coefficient (Wildman–Crippen LogP) is 3.44. The second-order valence-corrected chi connectivity index (χ2v) is 8.80. The molecule has 3 amide bonds. The van der Waals surface area contributed by atoms with Crippen molar-refractivity contribution in [2.24, 2.45) is 5.92 Å². The van der Waals surface area contributed by atoms with E-state index >= 15 is 0 Å². The predicted molar refractivity (Wildman–Crippen MR) is 138 cm³/mol. The number of amides is 3. The molecule has 1 saturated heterocycles. The summed E-state index contributed by atoms with van der Waals surface area (Å²) in [6, 6.07) is 25.9. The summed E-state index contributed by atoms with van der Waals surface area (Å²) >= 11 is 0. The summed E-state index contributed by atoms with van der Waals surface area (Å²) in [6.45, 7) is 1.49. The van der Waals surface area contributed by atoms with Crippen LogP contribution in [0.3, 0.4) is 0 Å². The summed E-state index contributed by atoms with van der Waals surface area (Å²) in [5.74, 6) is -3.31. The number of hydrogen-bond donors (Lipinski definition) is 2. The first-order valence-electron chi connectivity index (χ1n) is 12.2. The minimum atomic E-state index is -0.782. The average molecular weight is 500 g/mol. The Bertz CT molecular complexity index is 1220. The molecule has 0 aliphatic carbocycles. The number of hydrazine groups is 1. The van der Waals surface area contributed by atoms with Crippen LogP contribution >= 0.6 is 0 Å². The standard InChI is InChI=1S/C29H29N3O5/c1-2-20-11-9-10-16-24(20)30-25(33)19-37-29(36)23-17-26(34)32(18-23)31-28(35)27(21-12-5-3-6-13-21)22-14-7-4-8-15-22/h3-16,23,27H,2,17-19H2,1H3,(H,30,33)(H,31,35)/t23-/m0/s1. The lowest BCUT2D eigenvalue weighted by atomic mass is 9.91. The van der Waals surface area contributed by atoms with Crippen LogP contribution in [-0.4, -0.2) is 41.9 Å². The first-order chi connectivity index (χ1) is 18.0. The molecule has 3 aromatic carbocycles. The van der Waals surface area contributed by atoms with Gasteiger partial charge in [0, 0.05) is 12.1 Å². The molecular formula is C29H29N3O5. The molecular weight excluding hydrogens is 470 g/mol. The van der Waals surface area contributed by atoms with E-state index in [9.17, 15) is 19.2 Å². The molecule has 190 valence electrons. The van der Waals surface area contributed by atoms with Gasteiger partial charge in [0.2, 0.25) is 5.91 Å². The van der Waals surface area contributed by atoms with Crippen molar-refractivity contribution in [2.45, 2.75) is 25.7 Å². The van der Waals surface area contributed by atoms with Crippen molar-refractivity contribution in [3.05, 3.63) is 102 Å². The molecule has 4 rings (SSSR count). The van der Waals surface area contributed by atoms with Crippen LogP contribution in [0.4, 0.5) is 5.69 Å². The van der Waals surface area contributed by atoms with Gasteiger partial charge in [-0.05, 0) is 29.2 Å². The molecule has 1 heterocycles. The molecule has 8 nitrogen and oxygen atoms in total. The maximum Gasteiger partial charge on any atom is 0.311 e. The third-order valence-electron chi connectivity index (χ3n) is 6.25. The van der Waals surface area contributed by atoms with Crippen molar-refractivity contribution in [1.29, 1.82) is 0 Å². The van der Waals surface area contributed by atoms with E-state index in [2.05, 4.69) is 10.7 Å². The molecule has 0 bridgehead atoms. The third kappa shape index (κ3) is 6.41. The summed E-state index contributed by atoms with van der Waals surface area (Å²) in [6.07, 6.45) is 0.637. The van der Waals surface area contributed by atoms with Gasteiger partial charge in [0.1, 0.15) is 0 Å². The van der Waals surface area contributed by atoms with Crippen molar-refractivity contribution in [3.63, 3.8) is 0 Å². The number of hydrogen-bond acceptors (Lipinski definition) is 5. The fourth-order valence-electron chi connectivity index (χ4n) is 4.35. The van der Waals surface area contributed by atoms with E-state index in [0.29, 0.717) is 5.69 Å². The Labute approximate surface area is 215 Å². The van der Waals surface area contributed by atoms with Gasteiger partial charge in [-0.2, -0.15) is 0 Å². The molecule has 0 spiro atoms. The van der Waals surface area contributed by atoms with Gasteiger partial charge in [-0.15, -0.1) is 0 Å². The second-order valence-electron chi connectivity index (χ2n) is 8.80. The van der Waals surface area contributed by atoms with Gasteiger partial charge in [-0.3, -0.25) is 29.6 Å². The minimum Gasteiger partial charge on any atom is -0.455 e. The Balaban J connectivity index is 1.34. The van der Waals surface area contributed by atoms with E-state index in [1.165, 1.54) is 0 Å². The minimum absolute atomic E-state index is 0.0278. The number of rotatable bonds is 9. The summed E-state index contributed by atoms with van der Waals surface area (Å²) in [5, 5.41) is 3.90. The topological polar surface area (TPSA) is 105 Å². The van der Waals surface area contributed by atoms with Gasteiger partial charge in [0.05, 0.1) is 18.4 Å².